The SMILES string of the molecule is O=C(O)c1ccccc1I(OS(=O)(=O)C(F)(F)F)c1ccccc1. The second kappa shape index (κ2) is 7.07. The van der Waals surface area contributed by atoms with E-state index in [9.17, 15) is 31.5 Å². The standard InChI is InChI=1S/C14H10F3IO5S/c15-14(16,17)24(21,22)23-18(10-6-2-1-3-7-10)12-9-5-4-8-11(12)13(19)20/h1-9H,(H,19,20). The number of rotatable bonds is 5. The molecule has 2 aromatic rings. The van der Waals surface area contributed by atoms with Gasteiger partial charge in [0.1, 0.15) is 0 Å². The molecular weight excluding hydrogens is 464 g/mol. The molecule has 0 fully saturated rings. The minimum absolute atomic E-state index is 0.0479. The summed E-state index contributed by atoms with van der Waals surface area (Å²) >= 11 is -3.68. The summed E-state index contributed by atoms with van der Waals surface area (Å²) in [4.78, 5) is 11.3. The second-order valence-corrected chi connectivity index (χ2v) is 10.7. The van der Waals surface area contributed by atoms with Gasteiger partial charge in [-0.3, -0.25) is 0 Å². The van der Waals surface area contributed by atoms with E-state index in [0.717, 1.165) is 0 Å². The van der Waals surface area contributed by atoms with Crippen molar-refractivity contribution in [3.05, 3.63) is 67.3 Å². The molecule has 10 heteroatoms. The van der Waals surface area contributed by atoms with Crippen LogP contribution in [0.4, 0.5) is 13.2 Å². The van der Waals surface area contributed by atoms with Crippen LogP contribution in [0.2, 0.25) is 0 Å². The third kappa shape index (κ3) is 4.05. The Morgan fingerprint density at radius 1 is 1.00 bits per heavy atom. The molecule has 0 bridgehead atoms. The fraction of sp³-hybridized carbons (Fsp3) is 0.0714. The number of hydrogen-bond donors (Lipinski definition) is 1. The Bertz CT molecular complexity index is 837. The molecule has 0 saturated carbocycles. The number of halogens is 4. The molecule has 0 heterocycles. The maximum absolute atomic E-state index is 12.7. The molecule has 1 N–H and O–H groups in total. The molecule has 0 amide bonds. The Kier molecular flexibility index (Phi) is 5.50. The summed E-state index contributed by atoms with van der Waals surface area (Å²) < 4.78 is 65.6. The van der Waals surface area contributed by atoms with Gasteiger partial charge in [-0.2, -0.15) is 0 Å². The molecule has 0 aromatic heterocycles. The fourth-order valence-electron chi connectivity index (χ4n) is 1.62. The first-order valence-corrected chi connectivity index (χ1v) is 10.7. The van der Waals surface area contributed by atoms with E-state index in [2.05, 4.69) is 2.51 Å². The van der Waals surface area contributed by atoms with Crippen molar-refractivity contribution in [2.24, 2.45) is 0 Å². The molecule has 2 aromatic carbocycles. The van der Waals surface area contributed by atoms with Gasteiger partial charge in [0.2, 0.25) is 0 Å². The molecule has 0 atom stereocenters. The van der Waals surface area contributed by atoms with Crippen LogP contribution >= 0.6 is 20.2 Å². The Hall–Kier alpha value is -1.66. The van der Waals surface area contributed by atoms with Crippen molar-refractivity contribution in [2.75, 3.05) is 0 Å². The van der Waals surface area contributed by atoms with Crippen LogP contribution in [0, 0.1) is 7.14 Å². The monoisotopic (exact) mass is 474 g/mol. The van der Waals surface area contributed by atoms with Crippen LogP contribution in [0.1, 0.15) is 10.4 Å². The number of carbonyl (C=O) groups is 1. The van der Waals surface area contributed by atoms with Crippen molar-refractivity contribution in [2.45, 2.75) is 5.51 Å². The molecule has 0 aliphatic rings. The molecule has 2 rings (SSSR count). The average molecular weight is 474 g/mol. The summed E-state index contributed by atoms with van der Waals surface area (Å²) in [6.07, 6.45) is 0. The van der Waals surface area contributed by atoms with E-state index in [-0.39, 0.29) is 12.7 Å². The van der Waals surface area contributed by atoms with Gasteiger partial charge < -0.3 is 0 Å². The third-order valence-corrected chi connectivity index (χ3v) is 9.85. The molecule has 24 heavy (non-hydrogen) atoms. The fourth-order valence-corrected chi connectivity index (χ4v) is 8.45. The maximum atomic E-state index is 12.7. The Morgan fingerprint density at radius 3 is 2.08 bits per heavy atom. The van der Waals surface area contributed by atoms with Gasteiger partial charge in [0.25, 0.3) is 0 Å². The topological polar surface area (TPSA) is 80.7 Å². The van der Waals surface area contributed by atoms with Crippen LogP contribution in [-0.2, 0) is 12.6 Å². The summed E-state index contributed by atoms with van der Waals surface area (Å²) in [5.41, 5.74) is -5.88. The van der Waals surface area contributed by atoms with Crippen LogP contribution in [0.15, 0.2) is 54.6 Å². The molecule has 0 aliphatic heterocycles. The number of aromatic carboxylic acids is 1. The number of carboxylic acids is 1. The molecule has 0 aliphatic carbocycles. The predicted molar refractivity (Wildman–Crippen MR) is 87.3 cm³/mol. The number of hydrogen-bond acceptors (Lipinski definition) is 4. The summed E-state index contributed by atoms with van der Waals surface area (Å²) in [6, 6.07) is 12.7. The van der Waals surface area contributed by atoms with Crippen LogP contribution in [0.3, 0.4) is 0 Å². The van der Waals surface area contributed by atoms with Gasteiger partial charge in [-0.15, -0.1) is 0 Å². The predicted octanol–water partition coefficient (Wildman–Crippen LogP) is 3.71. The van der Waals surface area contributed by atoms with Crippen molar-refractivity contribution >= 4 is 36.3 Å². The van der Waals surface area contributed by atoms with Crippen molar-refractivity contribution in [3.8, 4) is 0 Å². The quantitative estimate of drug-likeness (QED) is 0.528. The van der Waals surface area contributed by atoms with E-state index < -0.39 is 41.8 Å². The van der Waals surface area contributed by atoms with E-state index in [4.69, 9.17) is 0 Å². The van der Waals surface area contributed by atoms with Crippen molar-refractivity contribution in [1.29, 1.82) is 0 Å². The number of carboxylic acid groups (broad SMARTS) is 1. The molecule has 0 saturated heterocycles. The van der Waals surface area contributed by atoms with Gasteiger partial charge >= 0.3 is 143 Å². The van der Waals surface area contributed by atoms with Gasteiger partial charge in [0.15, 0.2) is 0 Å². The summed E-state index contributed by atoms with van der Waals surface area (Å²) in [7, 11) is -5.86. The van der Waals surface area contributed by atoms with Crippen LogP contribution in [0.25, 0.3) is 0 Å². The van der Waals surface area contributed by atoms with Gasteiger partial charge in [0.05, 0.1) is 0 Å². The van der Waals surface area contributed by atoms with Gasteiger partial charge in [-0.05, 0) is 0 Å². The third-order valence-electron chi connectivity index (χ3n) is 2.65. The first kappa shape index (κ1) is 18.7. The normalized spacial score (nSPS) is 12.7. The first-order valence-electron chi connectivity index (χ1n) is 6.22. The van der Waals surface area contributed by atoms with E-state index in [0.29, 0.717) is 0 Å². The van der Waals surface area contributed by atoms with Gasteiger partial charge in [-0.1, -0.05) is 0 Å². The van der Waals surface area contributed by atoms with Crippen LogP contribution in [0.5, 0.6) is 0 Å². The zero-order chi connectivity index (χ0) is 18.0. The Balaban J connectivity index is 2.60. The molecule has 0 spiro atoms. The summed E-state index contributed by atoms with van der Waals surface area (Å²) in [5, 5.41) is 9.22. The van der Waals surface area contributed by atoms with Crippen LogP contribution < -0.4 is 0 Å². The Labute approximate surface area is 143 Å². The van der Waals surface area contributed by atoms with Gasteiger partial charge in [0, 0.05) is 0 Å². The number of benzene rings is 2. The Morgan fingerprint density at radius 2 is 1.54 bits per heavy atom. The summed E-state index contributed by atoms with van der Waals surface area (Å²) in [5.74, 6) is -1.38. The summed E-state index contributed by atoms with van der Waals surface area (Å²) in [6.45, 7) is 0. The van der Waals surface area contributed by atoms with E-state index >= 15 is 0 Å². The molecular formula is C14H10F3IO5S. The molecule has 130 valence electrons. The zero-order valence-electron chi connectivity index (χ0n) is 11.7. The second-order valence-electron chi connectivity index (χ2n) is 4.29. The zero-order valence-corrected chi connectivity index (χ0v) is 14.7. The van der Waals surface area contributed by atoms with Crippen molar-refractivity contribution < 1.29 is 34.0 Å². The van der Waals surface area contributed by atoms with E-state index in [1.54, 1.807) is 6.07 Å². The van der Waals surface area contributed by atoms with E-state index in [1.165, 1.54) is 48.5 Å². The average Bonchev–Trinajstić information content (AvgIpc) is 2.52. The minimum atomic E-state index is -5.86. The first-order chi connectivity index (χ1) is 11.1. The van der Waals surface area contributed by atoms with Crippen LogP contribution in [-0.4, -0.2) is 25.0 Å². The number of alkyl halides is 3. The van der Waals surface area contributed by atoms with Gasteiger partial charge in [-0.25, -0.2) is 0 Å². The van der Waals surface area contributed by atoms with E-state index in [1.807, 2.05) is 0 Å². The van der Waals surface area contributed by atoms with Crippen molar-refractivity contribution in [3.63, 3.8) is 0 Å². The molecule has 0 radical (unpaired) electrons. The molecule has 5 nitrogen and oxygen atoms in total. The van der Waals surface area contributed by atoms with Crippen molar-refractivity contribution in [1.82, 2.24) is 0 Å². The molecule has 0 unspecified atom stereocenters.